The molecule has 3 amide bonds. The van der Waals surface area contributed by atoms with Crippen molar-refractivity contribution in [1.82, 2.24) is 0 Å². The lowest BCUT2D eigenvalue weighted by Crippen LogP contribution is -2.32. The Kier molecular flexibility index (Phi) is 6.56. The Labute approximate surface area is 205 Å². The predicted octanol–water partition coefficient (Wildman–Crippen LogP) is 5.78. The van der Waals surface area contributed by atoms with Crippen LogP contribution in [-0.4, -0.2) is 17.7 Å². The third kappa shape index (κ3) is 4.87. The Morgan fingerprint density at radius 2 is 1.46 bits per heavy atom. The molecule has 0 saturated carbocycles. The molecule has 178 valence electrons. The van der Waals surface area contributed by atoms with E-state index < -0.39 is 11.8 Å². The number of amides is 3. The Morgan fingerprint density at radius 3 is 2.03 bits per heavy atom. The molecule has 0 saturated heterocycles. The summed E-state index contributed by atoms with van der Waals surface area (Å²) in [5, 5.41) is 5.92. The van der Waals surface area contributed by atoms with Crippen LogP contribution < -0.4 is 15.5 Å². The average Bonchev–Trinajstić information content (AvgIpc) is 3.04. The standard InChI is InChI=1S/C29H29N3O3/c1-17(2)21-7-9-23(10-8-21)31-27-26(25-15-6-18(3)16-19(25)4)28(34)32(29(27)35)24-13-11-22(12-14-24)30-20(5)33/h6-17,31H,1-5H3,(H,30,33). The molecule has 35 heavy (non-hydrogen) atoms. The van der Waals surface area contributed by atoms with E-state index in [9.17, 15) is 14.4 Å². The lowest BCUT2D eigenvalue weighted by Gasteiger charge is -2.16. The van der Waals surface area contributed by atoms with Gasteiger partial charge in [-0.3, -0.25) is 14.4 Å². The Morgan fingerprint density at radius 1 is 0.829 bits per heavy atom. The second-order valence-electron chi connectivity index (χ2n) is 9.14. The number of anilines is 3. The minimum Gasteiger partial charge on any atom is -0.350 e. The van der Waals surface area contributed by atoms with Crippen LogP contribution in [0.15, 0.2) is 72.4 Å². The van der Waals surface area contributed by atoms with E-state index in [0.717, 1.165) is 16.8 Å². The fourth-order valence-corrected chi connectivity index (χ4v) is 4.22. The van der Waals surface area contributed by atoms with E-state index in [4.69, 9.17) is 0 Å². The molecule has 0 aromatic heterocycles. The van der Waals surface area contributed by atoms with Gasteiger partial charge in [-0.1, -0.05) is 49.7 Å². The van der Waals surface area contributed by atoms with Crippen LogP contribution in [0.4, 0.5) is 17.1 Å². The average molecular weight is 468 g/mol. The van der Waals surface area contributed by atoms with Crippen LogP contribution in [-0.2, 0) is 14.4 Å². The van der Waals surface area contributed by atoms with Gasteiger partial charge in [0.05, 0.1) is 11.3 Å². The molecule has 1 heterocycles. The number of hydrogen-bond acceptors (Lipinski definition) is 4. The van der Waals surface area contributed by atoms with Crippen LogP contribution in [0, 0.1) is 13.8 Å². The lowest BCUT2D eigenvalue weighted by atomic mass is 9.97. The van der Waals surface area contributed by atoms with Crippen molar-refractivity contribution >= 4 is 40.4 Å². The SMILES string of the molecule is CC(=O)Nc1ccc(N2C(=O)C(Nc3ccc(C(C)C)cc3)=C(c3ccc(C)cc3C)C2=O)cc1. The maximum absolute atomic E-state index is 13.7. The van der Waals surface area contributed by atoms with E-state index in [2.05, 4.69) is 24.5 Å². The number of hydrogen-bond donors (Lipinski definition) is 2. The topological polar surface area (TPSA) is 78.5 Å². The fraction of sp³-hybridized carbons (Fsp3) is 0.207. The summed E-state index contributed by atoms with van der Waals surface area (Å²) in [7, 11) is 0. The zero-order valence-corrected chi connectivity index (χ0v) is 20.6. The first-order chi connectivity index (χ1) is 16.7. The third-order valence-corrected chi connectivity index (χ3v) is 6.03. The molecule has 3 aromatic rings. The molecular formula is C29H29N3O3. The van der Waals surface area contributed by atoms with E-state index in [-0.39, 0.29) is 11.6 Å². The van der Waals surface area contributed by atoms with Gasteiger partial charge in [0.15, 0.2) is 0 Å². The van der Waals surface area contributed by atoms with Crippen molar-refractivity contribution in [1.29, 1.82) is 0 Å². The predicted molar refractivity (Wildman–Crippen MR) is 140 cm³/mol. The summed E-state index contributed by atoms with van der Waals surface area (Å²) in [6.45, 7) is 9.60. The Bertz CT molecular complexity index is 1340. The summed E-state index contributed by atoms with van der Waals surface area (Å²) in [6, 6.07) is 20.4. The molecule has 4 rings (SSSR count). The summed E-state index contributed by atoms with van der Waals surface area (Å²) < 4.78 is 0. The van der Waals surface area contributed by atoms with Crippen molar-refractivity contribution in [3.8, 4) is 0 Å². The fourth-order valence-electron chi connectivity index (χ4n) is 4.22. The molecule has 0 aliphatic carbocycles. The van der Waals surface area contributed by atoms with Crippen LogP contribution in [0.25, 0.3) is 5.57 Å². The van der Waals surface area contributed by atoms with Gasteiger partial charge in [0, 0.05) is 18.3 Å². The van der Waals surface area contributed by atoms with Gasteiger partial charge in [-0.2, -0.15) is 0 Å². The summed E-state index contributed by atoms with van der Waals surface area (Å²) in [5.74, 6) is -0.625. The molecule has 0 radical (unpaired) electrons. The molecule has 1 aliphatic rings. The Balaban J connectivity index is 1.76. The third-order valence-electron chi connectivity index (χ3n) is 6.03. The lowest BCUT2D eigenvalue weighted by molar-refractivity contribution is -0.120. The first-order valence-electron chi connectivity index (χ1n) is 11.6. The van der Waals surface area contributed by atoms with E-state index in [0.29, 0.717) is 28.4 Å². The molecule has 6 nitrogen and oxygen atoms in total. The molecule has 0 unspecified atom stereocenters. The van der Waals surface area contributed by atoms with Crippen molar-refractivity contribution in [2.45, 2.75) is 40.5 Å². The molecular weight excluding hydrogens is 438 g/mol. The second-order valence-corrected chi connectivity index (χ2v) is 9.14. The maximum Gasteiger partial charge on any atom is 0.282 e. The molecule has 0 fully saturated rings. The molecule has 2 N–H and O–H groups in total. The van der Waals surface area contributed by atoms with Crippen molar-refractivity contribution in [3.05, 3.63) is 94.7 Å². The zero-order valence-electron chi connectivity index (χ0n) is 20.6. The molecule has 0 spiro atoms. The highest BCUT2D eigenvalue weighted by Gasteiger charge is 2.40. The summed E-state index contributed by atoms with van der Waals surface area (Å²) in [4.78, 5) is 39.9. The van der Waals surface area contributed by atoms with Gasteiger partial charge in [0.1, 0.15) is 5.70 Å². The normalized spacial score (nSPS) is 13.6. The van der Waals surface area contributed by atoms with Gasteiger partial charge in [0.25, 0.3) is 11.8 Å². The van der Waals surface area contributed by atoms with Crippen LogP contribution in [0.2, 0.25) is 0 Å². The van der Waals surface area contributed by atoms with Crippen molar-refractivity contribution in [3.63, 3.8) is 0 Å². The monoisotopic (exact) mass is 467 g/mol. The minimum absolute atomic E-state index is 0.195. The minimum atomic E-state index is -0.426. The van der Waals surface area contributed by atoms with E-state index in [1.54, 1.807) is 24.3 Å². The number of carbonyl (C=O) groups excluding carboxylic acids is 3. The van der Waals surface area contributed by atoms with Crippen LogP contribution >= 0.6 is 0 Å². The van der Waals surface area contributed by atoms with Crippen molar-refractivity contribution in [2.75, 3.05) is 15.5 Å². The highest BCUT2D eigenvalue weighted by atomic mass is 16.2. The van der Waals surface area contributed by atoms with Gasteiger partial charge < -0.3 is 10.6 Å². The van der Waals surface area contributed by atoms with Gasteiger partial charge in [0.2, 0.25) is 5.91 Å². The number of benzene rings is 3. The largest absolute Gasteiger partial charge is 0.350 e. The second kappa shape index (κ2) is 9.58. The summed E-state index contributed by atoms with van der Waals surface area (Å²) in [6.07, 6.45) is 0. The number of nitrogens with zero attached hydrogens (tertiary/aromatic N) is 1. The quantitative estimate of drug-likeness (QED) is 0.450. The van der Waals surface area contributed by atoms with Crippen molar-refractivity contribution in [2.24, 2.45) is 0 Å². The first-order valence-corrected chi connectivity index (χ1v) is 11.6. The van der Waals surface area contributed by atoms with Crippen LogP contribution in [0.5, 0.6) is 0 Å². The highest BCUT2D eigenvalue weighted by molar-refractivity contribution is 6.46. The van der Waals surface area contributed by atoms with Crippen molar-refractivity contribution < 1.29 is 14.4 Å². The van der Waals surface area contributed by atoms with E-state index >= 15 is 0 Å². The number of aryl methyl sites for hydroxylation is 2. The maximum atomic E-state index is 13.7. The number of imide groups is 1. The molecule has 0 bridgehead atoms. The van der Waals surface area contributed by atoms with Gasteiger partial charge in [-0.05, 0) is 72.9 Å². The first kappa shape index (κ1) is 24.0. The molecule has 1 aliphatic heterocycles. The smallest absolute Gasteiger partial charge is 0.282 e. The van der Waals surface area contributed by atoms with Gasteiger partial charge >= 0.3 is 0 Å². The Hall–Kier alpha value is -4.19. The van der Waals surface area contributed by atoms with Crippen LogP contribution in [0.3, 0.4) is 0 Å². The van der Waals surface area contributed by atoms with Crippen LogP contribution in [0.1, 0.15) is 48.9 Å². The molecule has 0 atom stereocenters. The van der Waals surface area contributed by atoms with Gasteiger partial charge in [-0.25, -0.2) is 4.90 Å². The summed E-state index contributed by atoms with van der Waals surface area (Å²) in [5.41, 5.74) is 6.23. The summed E-state index contributed by atoms with van der Waals surface area (Å²) >= 11 is 0. The number of rotatable bonds is 6. The van der Waals surface area contributed by atoms with E-state index in [1.807, 2.05) is 56.3 Å². The zero-order chi connectivity index (χ0) is 25.3. The highest BCUT2D eigenvalue weighted by Crippen LogP contribution is 2.35. The number of carbonyl (C=O) groups is 3. The molecule has 3 aromatic carbocycles. The number of nitrogens with one attached hydrogen (secondary N) is 2. The van der Waals surface area contributed by atoms with Gasteiger partial charge in [-0.15, -0.1) is 0 Å². The molecule has 6 heteroatoms. The van der Waals surface area contributed by atoms with E-state index in [1.165, 1.54) is 17.4 Å².